The van der Waals surface area contributed by atoms with E-state index in [9.17, 15) is 9.59 Å². The van der Waals surface area contributed by atoms with Gasteiger partial charge in [0.15, 0.2) is 11.7 Å². The van der Waals surface area contributed by atoms with E-state index in [1.165, 1.54) is 7.11 Å². The summed E-state index contributed by atoms with van der Waals surface area (Å²) in [7, 11) is 1.49. The number of aryl methyl sites for hydroxylation is 1. The number of hydrogen-bond donors (Lipinski definition) is 2. The zero-order chi connectivity index (χ0) is 18.1. The standard InChI is InChI=1S/C18H22N2O5/c1-24-11-10-14(18(22)23)20-16(21)8-5-9-17-19-12-15(25-17)13-6-3-2-4-7-13/h2-4,6-7,12,14H,5,8-11H2,1H3,(H,20,21)(H,22,23). The Balaban J connectivity index is 1.77. The number of carboxylic acid groups (broad SMARTS) is 1. The number of aliphatic carboxylic acids is 1. The molecule has 1 heterocycles. The number of rotatable bonds is 10. The van der Waals surface area contributed by atoms with Gasteiger partial charge >= 0.3 is 5.97 Å². The lowest BCUT2D eigenvalue weighted by atomic mass is 10.2. The lowest BCUT2D eigenvalue weighted by Crippen LogP contribution is -2.41. The molecule has 0 radical (unpaired) electrons. The van der Waals surface area contributed by atoms with Gasteiger partial charge in [-0.25, -0.2) is 9.78 Å². The van der Waals surface area contributed by atoms with Gasteiger partial charge < -0.3 is 19.6 Å². The summed E-state index contributed by atoms with van der Waals surface area (Å²) in [6.45, 7) is 0.274. The molecule has 2 rings (SSSR count). The van der Waals surface area contributed by atoms with Crippen LogP contribution in [-0.2, 0) is 20.7 Å². The number of carboxylic acids is 1. The van der Waals surface area contributed by atoms with Crippen LogP contribution < -0.4 is 5.32 Å². The molecule has 25 heavy (non-hydrogen) atoms. The van der Waals surface area contributed by atoms with Crippen LogP contribution in [0.5, 0.6) is 0 Å². The number of methoxy groups -OCH3 is 1. The van der Waals surface area contributed by atoms with E-state index in [4.69, 9.17) is 14.3 Å². The van der Waals surface area contributed by atoms with Crippen molar-refractivity contribution in [2.24, 2.45) is 0 Å². The number of carbonyl (C=O) groups excluding carboxylic acids is 1. The number of benzene rings is 1. The first-order valence-electron chi connectivity index (χ1n) is 8.11. The van der Waals surface area contributed by atoms with Gasteiger partial charge in [0.1, 0.15) is 6.04 Å². The normalized spacial score (nSPS) is 11.9. The summed E-state index contributed by atoms with van der Waals surface area (Å²) in [5.74, 6) is -0.129. The summed E-state index contributed by atoms with van der Waals surface area (Å²) < 4.78 is 10.5. The van der Waals surface area contributed by atoms with E-state index < -0.39 is 12.0 Å². The van der Waals surface area contributed by atoms with Gasteiger partial charge in [-0.2, -0.15) is 0 Å². The first-order valence-corrected chi connectivity index (χ1v) is 8.11. The molecule has 2 aromatic rings. The van der Waals surface area contributed by atoms with E-state index in [1.807, 2.05) is 30.3 Å². The Hall–Kier alpha value is -2.67. The summed E-state index contributed by atoms with van der Waals surface area (Å²) in [5, 5.41) is 11.6. The van der Waals surface area contributed by atoms with E-state index in [2.05, 4.69) is 10.3 Å². The second-order valence-corrected chi connectivity index (χ2v) is 5.58. The molecule has 1 unspecified atom stereocenters. The summed E-state index contributed by atoms with van der Waals surface area (Å²) in [5.41, 5.74) is 0.946. The first kappa shape index (κ1) is 18.7. The van der Waals surface area contributed by atoms with E-state index in [1.54, 1.807) is 6.20 Å². The fourth-order valence-electron chi connectivity index (χ4n) is 2.32. The molecular formula is C18H22N2O5. The van der Waals surface area contributed by atoms with Crippen molar-refractivity contribution in [2.75, 3.05) is 13.7 Å². The highest BCUT2D eigenvalue weighted by atomic mass is 16.5. The van der Waals surface area contributed by atoms with Crippen LogP contribution in [0.4, 0.5) is 0 Å². The molecule has 1 amide bonds. The van der Waals surface area contributed by atoms with Crippen LogP contribution in [0.1, 0.15) is 25.2 Å². The molecule has 0 spiro atoms. The van der Waals surface area contributed by atoms with Gasteiger partial charge in [-0.3, -0.25) is 4.79 Å². The second kappa shape index (κ2) is 9.58. The highest BCUT2D eigenvalue weighted by Crippen LogP contribution is 2.20. The predicted molar refractivity (Wildman–Crippen MR) is 90.9 cm³/mol. The third kappa shape index (κ3) is 6.04. The Kier molecular flexibility index (Phi) is 7.16. The molecule has 134 valence electrons. The third-order valence-corrected chi connectivity index (χ3v) is 3.65. The van der Waals surface area contributed by atoms with Gasteiger partial charge in [0, 0.05) is 38.5 Å². The molecule has 1 aromatic carbocycles. The summed E-state index contributed by atoms with van der Waals surface area (Å²) in [6, 6.07) is 8.71. The number of carbonyl (C=O) groups is 2. The van der Waals surface area contributed by atoms with Gasteiger partial charge in [-0.05, 0) is 6.42 Å². The highest BCUT2D eigenvalue weighted by molar-refractivity contribution is 5.83. The molecule has 2 N–H and O–H groups in total. The lowest BCUT2D eigenvalue weighted by molar-refractivity contribution is -0.142. The van der Waals surface area contributed by atoms with Crippen molar-refractivity contribution in [3.05, 3.63) is 42.4 Å². The van der Waals surface area contributed by atoms with Crippen molar-refractivity contribution in [1.82, 2.24) is 10.3 Å². The number of nitrogens with zero attached hydrogens (tertiary/aromatic N) is 1. The molecule has 0 bridgehead atoms. The SMILES string of the molecule is COCCC(NC(=O)CCCc1ncc(-c2ccccc2)o1)C(=O)O. The maximum Gasteiger partial charge on any atom is 0.326 e. The fourth-order valence-corrected chi connectivity index (χ4v) is 2.32. The van der Waals surface area contributed by atoms with E-state index in [0.717, 1.165) is 5.56 Å². The molecule has 7 heteroatoms. The van der Waals surface area contributed by atoms with Crippen molar-refractivity contribution in [1.29, 1.82) is 0 Å². The Morgan fingerprint density at radius 2 is 2.08 bits per heavy atom. The number of nitrogens with one attached hydrogen (secondary N) is 1. The Bertz CT molecular complexity index is 684. The van der Waals surface area contributed by atoms with Crippen molar-refractivity contribution in [3.8, 4) is 11.3 Å². The van der Waals surface area contributed by atoms with Crippen molar-refractivity contribution in [3.63, 3.8) is 0 Å². The molecule has 7 nitrogen and oxygen atoms in total. The minimum atomic E-state index is -1.06. The minimum Gasteiger partial charge on any atom is -0.480 e. The smallest absolute Gasteiger partial charge is 0.326 e. The monoisotopic (exact) mass is 346 g/mol. The van der Waals surface area contributed by atoms with Crippen LogP contribution in [0.25, 0.3) is 11.3 Å². The number of hydrogen-bond acceptors (Lipinski definition) is 5. The molecule has 0 saturated heterocycles. The zero-order valence-corrected chi connectivity index (χ0v) is 14.1. The van der Waals surface area contributed by atoms with Gasteiger partial charge in [0.2, 0.25) is 5.91 Å². The maximum absolute atomic E-state index is 11.9. The second-order valence-electron chi connectivity index (χ2n) is 5.58. The third-order valence-electron chi connectivity index (χ3n) is 3.65. The Morgan fingerprint density at radius 3 is 2.76 bits per heavy atom. The van der Waals surface area contributed by atoms with Crippen LogP contribution in [-0.4, -0.2) is 41.7 Å². The van der Waals surface area contributed by atoms with Crippen LogP contribution in [0.15, 0.2) is 40.9 Å². The van der Waals surface area contributed by atoms with Gasteiger partial charge in [0.25, 0.3) is 0 Å². The molecule has 1 aromatic heterocycles. The zero-order valence-electron chi connectivity index (χ0n) is 14.1. The van der Waals surface area contributed by atoms with E-state index in [-0.39, 0.29) is 25.4 Å². The number of aromatic nitrogens is 1. The van der Waals surface area contributed by atoms with E-state index >= 15 is 0 Å². The van der Waals surface area contributed by atoms with Crippen LogP contribution in [0.2, 0.25) is 0 Å². The molecule has 0 aliphatic rings. The number of oxazole rings is 1. The molecule has 0 aliphatic heterocycles. The molecule has 0 aliphatic carbocycles. The summed E-state index contributed by atoms with van der Waals surface area (Å²) in [4.78, 5) is 27.2. The largest absolute Gasteiger partial charge is 0.480 e. The van der Waals surface area contributed by atoms with Crippen molar-refractivity contribution >= 4 is 11.9 Å². The topological polar surface area (TPSA) is 102 Å². The molecule has 0 fully saturated rings. The first-order chi connectivity index (χ1) is 12.1. The van der Waals surface area contributed by atoms with Crippen molar-refractivity contribution in [2.45, 2.75) is 31.7 Å². The average molecular weight is 346 g/mol. The summed E-state index contributed by atoms with van der Waals surface area (Å²) >= 11 is 0. The summed E-state index contributed by atoms with van der Waals surface area (Å²) in [6.07, 6.45) is 3.14. The van der Waals surface area contributed by atoms with Crippen LogP contribution >= 0.6 is 0 Å². The fraction of sp³-hybridized carbons (Fsp3) is 0.389. The lowest BCUT2D eigenvalue weighted by Gasteiger charge is -2.13. The van der Waals surface area contributed by atoms with Crippen molar-refractivity contribution < 1.29 is 23.8 Å². The Labute approximate surface area is 146 Å². The number of ether oxygens (including phenoxy) is 1. The quantitative estimate of drug-likeness (QED) is 0.684. The van der Waals surface area contributed by atoms with Gasteiger partial charge in [-0.1, -0.05) is 30.3 Å². The molecular weight excluding hydrogens is 324 g/mol. The Morgan fingerprint density at radius 1 is 1.32 bits per heavy atom. The molecule has 0 saturated carbocycles. The minimum absolute atomic E-state index is 0.208. The predicted octanol–water partition coefficient (Wildman–Crippen LogP) is 2.27. The highest BCUT2D eigenvalue weighted by Gasteiger charge is 2.19. The van der Waals surface area contributed by atoms with Crippen LogP contribution in [0.3, 0.4) is 0 Å². The molecule has 1 atom stereocenters. The van der Waals surface area contributed by atoms with Gasteiger partial charge in [-0.15, -0.1) is 0 Å². The van der Waals surface area contributed by atoms with E-state index in [0.29, 0.717) is 24.5 Å². The maximum atomic E-state index is 11.9. The van der Waals surface area contributed by atoms with Crippen LogP contribution in [0, 0.1) is 0 Å². The number of amides is 1. The average Bonchev–Trinajstić information content (AvgIpc) is 3.08. The van der Waals surface area contributed by atoms with Gasteiger partial charge in [0.05, 0.1) is 6.20 Å².